The molecule has 0 aliphatic rings. The van der Waals surface area contributed by atoms with Crippen molar-refractivity contribution in [2.24, 2.45) is 5.92 Å². The van der Waals surface area contributed by atoms with Gasteiger partial charge < -0.3 is 4.79 Å². The van der Waals surface area contributed by atoms with E-state index < -0.39 is 0 Å². The van der Waals surface area contributed by atoms with Gasteiger partial charge in [0.25, 0.3) is 0 Å². The summed E-state index contributed by atoms with van der Waals surface area (Å²) in [5.41, 5.74) is 0. The van der Waals surface area contributed by atoms with Crippen LogP contribution in [0.2, 0.25) is 0 Å². The number of rotatable bonds is 15. The Balaban J connectivity index is 3.54. The molecule has 0 aromatic rings. The number of hydrogen-bond donors (Lipinski definition) is 0. The first-order valence-electron chi connectivity index (χ1n) is 9.10. The summed E-state index contributed by atoms with van der Waals surface area (Å²) in [6.07, 6.45) is 24.6. The molecule has 0 aromatic carbocycles. The van der Waals surface area contributed by atoms with Crippen LogP contribution in [0.1, 0.15) is 90.9 Å². The molecule has 0 heterocycles. The Kier molecular flexibility index (Phi) is 16.5. The average molecular weight is 293 g/mol. The van der Waals surface area contributed by atoms with Crippen LogP contribution >= 0.6 is 0 Å². The van der Waals surface area contributed by atoms with Gasteiger partial charge in [0.15, 0.2) is 0 Å². The summed E-state index contributed by atoms with van der Waals surface area (Å²) in [4.78, 5) is 11.0. The maximum Gasteiger partial charge on any atom is 0.123 e. The Morgan fingerprint density at radius 2 is 1.43 bits per heavy atom. The first-order chi connectivity index (χ1) is 10.3. The third kappa shape index (κ3) is 15.4. The number of aldehydes is 1. The average Bonchev–Trinajstić information content (AvgIpc) is 2.51. The van der Waals surface area contributed by atoms with E-state index in [0.717, 1.165) is 25.5 Å². The summed E-state index contributed by atoms with van der Waals surface area (Å²) in [6, 6.07) is 0. The van der Waals surface area contributed by atoms with Crippen molar-refractivity contribution in [1.29, 1.82) is 0 Å². The molecule has 0 aliphatic heterocycles. The highest BCUT2D eigenvalue weighted by Gasteiger charge is 2.04. The molecule has 1 heteroatoms. The molecule has 0 spiro atoms. The molecule has 0 saturated heterocycles. The second-order valence-electron chi connectivity index (χ2n) is 6.01. The standard InChI is InChI=1S/C20H36O/c1-3-5-7-9-10-11-12-13-14-16-18-20(19-21)17-15-8-6-4-2/h11-12,14,16,19-20H,3-10,13,15,17-18H2,1-2H3. The van der Waals surface area contributed by atoms with Crippen molar-refractivity contribution in [2.45, 2.75) is 90.9 Å². The van der Waals surface area contributed by atoms with E-state index in [1.165, 1.54) is 57.8 Å². The summed E-state index contributed by atoms with van der Waals surface area (Å²) in [7, 11) is 0. The maximum atomic E-state index is 11.0. The molecule has 1 nitrogen and oxygen atoms in total. The zero-order valence-corrected chi connectivity index (χ0v) is 14.4. The van der Waals surface area contributed by atoms with Gasteiger partial charge in [0, 0.05) is 5.92 Å². The second kappa shape index (κ2) is 17.2. The quantitative estimate of drug-likeness (QED) is 0.188. The number of allylic oxidation sites excluding steroid dienone is 4. The van der Waals surface area contributed by atoms with E-state index in [0.29, 0.717) is 0 Å². The zero-order valence-electron chi connectivity index (χ0n) is 14.4. The molecule has 0 radical (unpaired) electrons. The fraction of sp³-hybridized carbons (Fsp3) is 0.750. The van der Waals surface area contributed by atoms with Gasteiger partial charge in [0.2, 0.25) is 0 Å². The van der Waals surface area contributed by atoms with Crippen molar-refractivity contribution in [1.82, 2.24) is 0 Å². The fourth-order valence-corrected chi connectivity index (χ4v) is 2.42. The minimum Gasteiger partial charge on any atom is -0.303 e. The number of carbonyl (C=O) groups excluding carboxylic acids is 1. The van der Waals surface area contributed by atoms with E-state index in [-0.39, 0.29) is 5.92 Å². The van der Waals surface area contributed by atoms with Crippen LogP contribution in [-0.2, 0) is 4.79 Å². The van der Waals surface area contributed by atoms with Gasteiger partial charge in [-0.05, 0) is 32.1 Å². The van der Waals surface area contributed by atoms with Gasteiger partial charge >= 0.3 is 0 Å². The van der Waals surface area contributed by atoms with Gasteiger partial charge in [-0.1, -0.05) is 83.1 Å². The third-order valence-corrected chi connectivity index (χ3v) is 3.89. The molecule has 0 saturated carbocycles. The van der Waals surface area contributed by atoms with Crippen LogP contribution in [0.4, 0.5) is 0 Å². The first-order valence-corrected chi connectivity index (χ1v) is 9.10. The minimum atomic E-state index is 0.233. The predicted molar refractivity (Wildman–Crippen MR) is 94.6 cm³/mol. The van der Waals surface area contributed by atoms with Crippen LogP contribution in [0.5, 0.6) is 0 Å². The maximum absolute atomic E-state index is 11.0. The molecule has 0 bridgehead atoms. The highest BCUT2D eigenvalue weighted by Crippen LogP contribution is 2.13. The number of unbranched alkanes of at least 4 members (excludes halogenated alkanes) is 7. The van der Waals surface area contributed by atoms with Gasteiger partial charge in [0.05, 0.1) is 0 Å². The Morgan fingerprint density at radius 3 is 2.10 bits per heavy atom. The largest absolute Gasteiger partial charge is 0.303 e. The van der Waals surface area contributed by atoms with Crippen molar-refractivity contribution < 1.29 is 4.79 Å². The predicted octanol–water partition coefficient (Wildman–Crippen LogP) is 6.63. The Bertz CT molecular complexity index is 265. The molecular weight excluding hydrogens is 256 g/mol. The van der Waals surface area contributed by atoms with E-state index >= 15 is 0 Å². The van der Waals surface area contributed by atoms with Crippen LogP contribution < -0.4 is 0 Å². The van der Waals surface area contributed by atoms with E-state index in [1.807, 2.05) is 0 Å². The highest BCUT2D eigenvalue weighted by atomic mass is 16.1. The summed E-state index contributed by atoms with van der Waals surface area (Å²) in [5.74, 6) is 0.233. The summed E-state index contributed by atoms with van der Waals surface area (Å²) in [6.45, 7) is 4.47. The second-order valence-corrected chi connectivity index (χ2v) is 6.01. The lowest BCUT2D eigenvalue weighted by molar-refractivity contribution is -0.111. The van der Waals surface area contributed by atoms with Crippen LogP contribution in [0.3, 0.4) is 0 Å². The van der Waals surface area contributed by atoms with Crippen molar-refractivity contribution in [2.75, 3.05) is 0 Å². The van der Waals surface area contributed by atoms with Gasteiger partial charge in [0.1, 0.15) is 6.29 Å². The summed E-state index contributed by atoms with van der Waals surface area (Å²) < 4.78 is 0. The Labute approximate surface area is 132 Å². The van der Waals surface area contributed by atoms with Crippen molar-refractivity contribution in [3.63, 3.8) is 0 Å². The van der Waals surface area contributed by atoms with E-state index in [4.69, 9.17) is 0 Å². The highest BCUT2D eigenvalue weighted by molar-refractivity contribution is 5.53. The van der Waals surface area contributed by atoms with Crippen LogP contribution in [-0.4, -0.2) is 6.29 Å². The third-order valence-electron chi connectivity index (χ3n) is 3.89. The van der Waals surface area contributed by atoms with Gasteiger partial charge in [-0.25, -0.2) is 0 Å². The molecule has 0 aromatic heterocycles. The summed E-state index contributed by atoms with van der Waals surface area (Å²) in [5, 5.41) is 0. The van der Waals surface area contributed by atoms with E-state index in [2.05, 4.69) is 38.2 Å². The molecule has 0 N–H and O–H groups in total. The van der Waals surface area contributed by atoms with Crippen molar-refractivity contribution >= 4 is 6.29 Å². The molecule has 0 rings (SSSR count). The van der Waals surface area contributed by atoms with Crippen molar-refractivity contribution in [3.05, 3.63) is 24.3 Å². The monoisotopic (exact) mass is 292 g/mol. The molecule has 122 valence electrons. The lowest BCUT2D eigenvalue weighted by Crippen LogP contribution is -2.00. The molecular formula is C20H36O. The first kappa shape index (κ1) is 20.1. The topological polar surface area (TPSA) is 17.1 Å². The molecule has 1 atom stereocenters. The van der Waals surface area contributed by atoms with Crippen molar-refractivity contribution in [3.8, 4) is 0 Å². The Morgan fingerprint density at radius 1 is 0.762 bits per heavy atom. The Hall–Kier alpha value is -0.850. The minimum absolute atomic E-state index is 0.233. The van der Waals surface area contributed by atoms with Gasteiger partial charge in [-0.3, -0.25) is 0 Å². The fourth-order valence-electron chi connectivity index (χ4n) is 2.42. The van der Waals surface area contributed by atoms with Gasteiger partial charge in [-0.2, -0.15) is 0 Å². The molecule has 0 fully saturated rings. The zero-order chi connectivity index (χ0) is 15.6. The molecule has 1 unspecified atom stereocenters. The van der Waals surface area contributed by atoms with Crippen LogP contribution in [0, 0.1) is 5.92 Å². The molecule has 0 amide bonds. The number of carbonyl (C=O) groups is 1. The lowest BCUT2D eigenvalue weighted by atomic mass is 9.98. The normalized spacial score (nSPS) is 13.2. The molecule has 21 heavy (non-hydrogen) atoms. The van der Waals surface area contributed by atoms with Crippen LogP contribution in [0.25, 0.3) is 0 Å². The lowest BCUT2D eigenvalue weighted by Gasteiger charge is -2.06. The van der Waals surface area contributed by atoms with E-state index in [9.17, 15) is 4.79 Å². The summed E-state index contributed by atoms with van der Waals surface area (Å²) >= 11 is 0. The smallest absolute Gasteiger partial charge is 0.123 e. The van der Waals surface area contributed by atoms with Crippen LogP contribution in [0.15, 0.2) is 24.3 Å². The van der Waals surface area contributed by atoms with Gasteiger partial charge in [-0.15, -0.1) is 0 Å². The number of hydrogen-bond acceptors (Lipinski definition) is 1. The van der Waals surface area contributed by atoms with E-state index in [1.54, 1.807) is 0 Å². The SMILES string of the molecule is CCCCCCC=CCC=CCC(C=O)CCCCCC. The molecule has 0 aliphatic carbocycles.